The molecule has 1 aliphatic carbocycles. The van der Waals surface area contributed by atoms with Crippen LogP contribution in [0.15, 0.2) is 199 Å². The fraction of sp³-hybridized carbons (Fsp3) is 0.0192. The SMILES string of the molecule is c1ccc(C2(c3ccccc3)c3cc(-c4ccc5c(c4)c4ccccc4c4nccn54)ccc3-c3ccc(-c4cccc5c4oc4ccccc45)cc32)cc1. The van der Waals surface area contributed by atoms with Gasteiger partial charge in [-0.05, 0) is 85.8 Å². The first-order chi connectivity index (χ1) is 27.3. The van der Waals surface area contributed by atoms with Crippen molar-refractivity contribution in [3.05, 3.63) is 217 Å². The fourth-order valence-electron chi connectivity index (χ4n) is 9.56. The van der Waals surface area contributed by atoms with Crippen molar-refractivity contribution in [2.24, 2.45) is 0 Å². The van der Waals surface area contributed by atoms with Crippen LogP contribution in [0.3, 0.4) is 0 Å². The number of para-hydroxylation sites is 2. The van der Waals surface area contributed by atoms with E-state index < -0.39 is 5.41 Å². The Balaban J connectivity index is 1.12. The first kappa shape index (κ1) is 30.3. The first-order valence-electron chi connectivity index (χ1n) is 18.9. The molecule has 3 heteroatoms. The van der Waals surface area contributed by atoms with Crippen LogP contribution < -0.4 is 0 Å². The van der Waals surface area contributed by atoms with Gasteiger partial charge in [-0.3, -0.25) is 4.40 Å². The molecule has 12 rings (SSSR count). The number of nitrogens with zero attached hydrogens (tertiary/aromatic N) is 2. The number of benzene rings is 8. The number of fused-ring (bicyclic) bond motifs is 12. The van der Waals surface area contributed by atoms with E-state index in [0.29, 0.717) is 0 Å². The van der Waals surface area contributed by atoms with Crippen LogP contribution in [0, 0.1) is 0 Å². The molecule has 0 bridgehead atoms. The Morgan fingerprint density at radius 1 is 0.436 bits per heavy atom. The minimum Gasteiger partial charge on any atom is -0.455 e. The zero-order chi connectivity index (χ0) is 36.1. The van der Waals surface area contributed by atoms with Crippen LogP contribution >= 0.6 is 0 Å². The number of hydrogen-bond donors (Lipinski definition) is 0. The Bertz CT molecular complexity index is 3280. The largest absolute Gasteiger partial charge is 0.455 e. The van der Waals surface area contributed by atoms with Crippen LogP contribution in [0.1, 0.15) is 22.3 Å². The van der Waals surface area contributed by atoms with Crippen molar-refractivity contribution in [2.45, 2.75) is 5.41 Å². The summed E-state index contributed by atoms with van der Waals surface area (Å²) < 4.78 is 8.78. The molecule has 55 heavy (non-hydrogen) atoms. The molecule has 0 radical (unpaired) electrons. The van der Waals surface area contributed by atoms with Crippen molar-refractivity contribution >= 4 is 49.3 Å². The van der Waals surface area contributed by atoms with E-state index in [4.69, 9.17) is 9.40 Å². The lowest BCUT2D eigenvalue weighted by Crippen LogP contribution is -2.28. The van der Waals surface area contributed by atoms with Crippen LogP contribution in [-0.2, 0) is 5.41 Å². The second kappa shape index (κ2) is 11.4. The smallest absolute Gasteiger partial charge is 0.145 e. The van der Waals surface area contributed by atoms with E-state index in [2.05, 4.69) is 187 Å². The maximum atomic E-state index is 6.58. The minimum atomic E-state index is -0.562. The van der Waals surface area contributed by atoms with Crippen molar-refractivity contribution in [3.8, 4) is 33.4 Å². The Morgan fingerprint density at radius 3 is 1.80 bits per heavy atom. The highest BCUT2D eigenvalue weighted by Gasteiger charge is 2.46. The van der Waals surface area contributed by atoms with E-state index in [1.165, 1.54) is 55.3 Å². The summed E-state index contributed by atoms with van der Waals surface area (Å²) in [6.45, 7) is 0. The Morgan fingerprint density at radius 2 is 1.04 bits per heavy atom. The summed E-state index contributed by atoms with van der Waals surface area (Å²) in [5.74, 6) is 0. The molecule has 0 unspecified atom stereocenters. The summed E-state index contributed by atoms with van der Waals surface area (Å²) >= 11 is 0. The lowest BCUT2D eigenvalue weighted by atomic mass is 9.67. The number of pyridine rings is 1. The molecular weight excluding hydrogens is 669 g/mol. The molecular formula is C52H32N2O. The lowest BCUT2D eigenvalue weighted by molar-refractivity contribution is 0.670. The molecule has 3 nitrogen and oxygen atoms in total. The van der Waals surface area contributed by atoms with E-state index in [1.807, 2.05) is 12.3 Å². The van der Waals surface area contributed by atoms with E-state index in [9.17, 15) is 0 Å². The van der Waals surface area contributed by atoms with Gasteiger partial charge in [-0.15, -0.1) is 0 Å². The highest BCUT2D eigenvalue weighted by Crippen LogP contribution is 2.57. The molecule has 0 atom stereocenters. The monoisotopic (exact) mass is 700 g/mol. The Labute approximate surface area is 317 Å². The fourth-order valence-corrected chi connectivity index (χ4v) is 9.56. The molecule has 0 saturated carbocycles. The second-order valence-corrected chi connectivity index (χ2v) is 14.7. The van der Waals surface area contributed by atoms with Gasteiger partial charge in [0.05, 0.1) is 10.9 Å². The van der Waals surface area contributed by atoms with Crippen molar-refractivity contribution in [1.82, 2.24) is 9.38 Å². The van der Waals surface area contributed by atoms with Gasteiger partial charge in [-0.1, -0.05) is 152 Å². The van der Waals surface area contributed by atoms with Crippen molar-refractivity contribution in [2.75, 3.05) is 0 Å². The first-order valence-corrected chi connectivity index (χ1v) is 18.9. The molecule has 0 N–H and O–H groups in total. The van der Waals surface area contributed by atoms with Crippen molar-refractivity contribution < 1.29 is 4.42 Å². The minimum absolute atomic E-state index is 0.562. The van der Waals surface area contributed by atoms with E-state index in [0.717, 1.165) is 49.6 Å². The summed E-state index contributed by atoms with van der Waals surface area (Å²) in [5.41, 5.74) is 15.5. The summed E-state index contributed by atoms with van der Waals surface area (Å²) in [6, 6.07) is 66.6. The standard InChI is InChI=1S/C52H32N2O/c1-3-12-36(13-4-1)52(37-14-5-2-6-15-37)46-31-34(33-24-27-48-45(30-33)39-16-7-8-18-44(39)51-53-28-29-54(48)51)22-25-40(46)41-26-23-35(32-47(41)52)38-19-11-20-43-42-17-9-10-21-49(42)55-50(38)43/h1-32H. The van der Waals surface area contributed by atoms with E-state index in [-0.39, 0.29) is 0 Å². The van der Waals surface area contributed by atoms with Gasteiger partial charge in [-0.25, -0.2) is 4.98 Å². The maximum absolute atomic E-state index is 6.58. The molecule has 0 saturated heterocycles. The van der Waals surface area contributed by atoms with Crippen LogP contribution in [0.25, 0.3) is 82.6 Å². The maximum Gasteiger partial charge on any atom is 0.145 e. The summed E-state index contributed by atoms with van der Waals surface area (Å²) in [5, 5.41) is 5.85. The van der Waals surface area contributed by atoms with Gasteiger partial charge in [0.1, 0.15) is 16.8 Å². The lowest BCUT2D eigenvalue weighted by Gasteiger charge is -2.34. The predicted molar refractivity (Wildman–Crippen MR) is 226 cm³/mol. The van der Waals surface area contributed by atoms with Crippen LogP contribution in [0.5, 0.6) is 0 Å². The topological polar surface area (TPSA) is 30.4 Å². The molecule has 11 aromatic rings. The second-order valence-electron chi connectivity index (χ2n) is 14.7. The van der Waals surface area contributed by atoms with Crippen LogP contribution in [0.4, 0.5) is 0 Å². The summed E-state index contributed by atoms with van der Waals surface area (Å²) in [6.07, 6.45) is 3.95. The summed E-state index contributed by atoms with van der Waals surface area (Å²) in [7, 11) is 0. The molecule has 8 aromatic carbocycles. The Hall–Kier alpha value is -7.23. The number of imidazole rings is 1. The highest BCUT2D eigenvalue weighted by molar-refractivity contribution is 6.13. The van der Waals surface area contributed by atoms with Gasteiger partial charge in [0, 0.05) is 39.5 Å². The van der Waals surface area contributed by atoms with E-state index in [1.54, 1.807) is 0 Å². The molecule has 0 spiro atoms. The number of rotatable bonds is 4. The average molecular weight is 701 g/mol. The Kier molecular flexibility index (Phi) is 6.26. The predicted octanol–water partition coefficient (Wildman–Crippen LogP) is 13.2. The molecule has 3 heterocycles. The molecule has 3 aromatic heterocycles. The van der Waals surface area contributed by atoms with Gasteiger partial charge in [0.25, 0.3) is 0 Å². The van der Waals surface area contributed by atoms with Gasteiger partial charge < -0.3 is 4.42 Å². The normalized spacial score (nSPS) is 13.2. The van der Waals surface area contributed by atoms with Gasteiger partial charge in [0.15, 0.2) is 0 Å². The van der Waals surface area contributed by atoms with Gasteiger partial charge in [0.2, 0.25) is 0 Å². The van der Waals surface area contributed by atoms with Crippen LogP contribution in [0.2, 0.25) is 0 Å². The zero-order valence-electron chi connectivity index (χ0n) is 29.8. The molecule has 1 aliphatic rings. The highest BCUT2D eigenvalue weighted by atomic mass is 16.3. The molecule has 0 amide bonds. The van der Waals surface area contributed by atoms with Crippen molar-refractivity contribution in [3.63, 3.8) is 0 Å². The molecule has 256 valence electrons. The number of aromatic nitrogens is 2. The molecule has 0 aliphatic heterocycles. The third-order valence-corrected chi connectivity index (χ3v) is 12.0. The van der Waals surface area contributed by atoms with Gasteiger partial charge >= 0.3 is 0 Å². The number of hydrogen-bond acceptors (Lipinski definition) is 2. The number of furan rings is 1. The van der Waals surface area contributed by atoms with Crippen LogP contribution in [-0.4, -0.2) is 9.38 Å². The van der Waals surface area contributed by atoms with Gasteiger partial charge in [-0.2, -0.15) is 0 Å². The third-order valence-electron chi connectivity index (χ3n) is 12.0. The molecule has 0 fully saturated rings. The van der Waals surface area contributed by atoms with E-state index >= 15 is 0 Å². The summed E-state index contributed by atoms with van der Waals surface area (Å²) in [4.78, 5) is 4.72. The quantitative estimate of drug-likeness (QED) is 0.171. The average Bonchev–Trinajstić information content (AvgIpc) is 3.98. The zero-order valence-corrected chi connectivity index (χ0v) is 29.8. The third kappa shape index (κ3) is 4.18. The van der Waals surface area contributed by atoms with Crippen molar-refractivity contribution in [1.29, 1.82) is 0 Å².